The third-order valence-corrected chi connectivity index (χ3v) is 4.44. The second-order valence-corrected chi connectivity index (χ2v) is 6.29. The summed E-state index contributed by atoms with van der Waals surface area (Å²) in [4.78, 5) is 21.9. The predicted molar refractivity (Wildman–Crippen MR) is 88.1 cm³/mol. The fourth-order valence-electron chi connectivity index (χ4n) is 2.91. The quantitative estimate of drug-likeness (QED) is 0.934. The van der Waals surface area contributed by atoms with Gasteiger partial charge in [-0.1, -0.05) is 24.6 Å². The summed E-state index contributed by atoms with van der Waals surface area (Å²) in [6.45, 7) is 4.00. The number of fused-ring (bicyclic) bond motifs is 1. The van der Waals surface area contributed by atoms with Crippen LogP contribution in [0.2, 0.25) is 5.02 Å². The third kappa shape index (κ3) is 3.62. The first-order valence-corrected chi connectivity index (χ1v) is 8.22. The molecule has 122 valence electrons. The first kappa shape index (κ1) is 16.1. The van der Waals surface area contributed by atoms with Crippen molar-refractivity contribution in [2.75, 3.05) is 6.54 Å². The molecule has 0 unspecified atom stereocenters. The van der Waals surface area contributed by atoms with Gasteiger partial charge >= 0.3 is 0 Å². The van der Waals surface area contributed by atoms with E-state index in [0.717, 1.165) is 48.5 Å². The van der Waals surface area contributed by atoms with Crippen LogP contribution in [0.3, 0.4) is 0 Å². The van der Waals surface area contributed by atoms with Gasteiger partial charge in [-0.25, -0.2) is 9.37 Å². The first-order chi connectivity index (χ1) is 11.1. The van der Waals surface area contributed by atoms with Gasteiger partial charge in [0.2, 0.25) is 0 Å². The maximum Gasteiger partial charge on any atom is 0.255 e. The summed E-state index contributed by atoms with van der Waals surface area (Å²) in [6.07, 6.45) is 2.49. The smallest absolute Gasteiger partial charge is 0.255 e. The molecule has 0 saturated heterocycles. The van der Waals surface area contributed by atoms with Gasteiger partial charge in [-0.15, -0.1) is 0 Å². The topological polar surface area (TPSA) is 49.0 Å². The largest absolute Gasteiger partial charge is 0.310 e. The minimum Gasteiger partial charge on any atom is -0.310 e. The summed E-state index contributed by atoms with van der Waals surface area (Å²) in [5.74, 6) is 0.429. The fourth-order valence-corrected chi connectivity index (χ4v) is 3.14. The fraction of sp³-hybridized carbons (Fsp3) is 0.412. The molecule has 0 spiro atoms. The minimum atomic E-state index is -0.341. The standard InChI is InChI=1S/C17H19ClFN3O/c1-2-3-16-20-15-6-7-22(10-13(15)17(23)21-16)9-11-4-5-12(19)8-14(11)18/h4-5,8H,2-3,6-7,9-10H2,1H3,(H,20,21,23). The van der Waals surface area contributed by atoms with Crippen LogP contribution in [0.25, 0.3) is 0 Å². The van der Waals surface area contributed by atoms with Crippen molar-refractivity contribution in [2.24, 2.45) is 0 Å². The second kappa shape index (κ2) is 6.81. The number of aromatic nitrogens is 2. The van der Waals surface area contributed by atoms with Crippen LogP contribution < -0.4 is 5.56 Å². The lowest BCUT2D eigenvalue weighted by molar-refractivity contribution is 0.241. The molecule has 2 heterocycles. The maximum atomic E-state index is 13.1. The molecular formula is C17H19ClFN3O. The molecule has 0 atom stereocenters. The van der Waals surface area contributed by atoms with E-state index in [0.29, 0.717) is 18.1 Å². The number of rotatable bonds is 4. The Morgan fingerprint density at radius 3 is 3.00 bits per heavy atom. The van der Waals surface area contributed by atoms with Crippen molar-refractivity contribution in [1.82, 2.24) is 14.9 Å². The normalized spacial score (nSPS) is 14.7. The first-order valence-electron chi connectivity index (χ1n) is 7.84. The van der Waals surface area contributed by atoms with E-state index in [4.69, 9.17) is 11.6 Å². The number of aromatic amines is 1. The second-order valence-electron chi connectivity index (χ2n) is 5.88. The molecule has 0 radical (unpaired) electrons. The van der Waals surface area contributed by atoms with Crippen molar-refractivity contribution >= 4 is 11.6 Å². The van der Waals surface area contributed by atoms with Crippen LogP contribution in [0.4, 0.5) is 4.39 Å². The number of hydrogen-bond acceptors (Lipinski definition) is 3. The van der Waals surface area contributed by atoms with Crippen molar-refractivity contribution in [2.45, 2.75) is 39.3 Å². The number of benzene rings is 1. The Morgan fingerprint density at radius 1 is 1.43 bits per heavy atom. The van der Waals surface area contributed by atoms with Crippen molar-refractivity contribution < 1.29 is 4.39 Å². The summed E-state index contributed by atoms with van der Waals surface area (Å²) in [5.41, 5.74) is 2.45. The number of H-pyrrole nitrogens is 1. The molecule has 1 aromatic carbocycles. The lowest BCUT2D eigenvalue weighted by Gasteiger charge is -2.28. The number of halogens is 2. The van der Waals surface area contributed by atoms with Gasteiger partial charge in [-0.05, 0) is 24.1 Å². The van der Waals surface area contributed by atoms with Crippen molar-refractivity contribution in [3.8, 4) is 0 Å². The van der Waals surface area contributed by atoms with E-state index in [1.807, 2.05) is 0 Å². The van der Waals surface area contributed by atoms with Crippen LogP contribution in [0.1, 0.15) is 36.0 Å². The van der Waals surface area contributed by atoms with Crippen LogP contribution in [-0.2, 0) is 25.9 Å². The Kier molecular flexibility index (Phi) is 4.78. The lowest BCUT2D eigenvalue weighted by atomic mass is 10.1. The monoisotopic (exact) mass is 335 g/mol. The van der Waals surface area contributed by atoms with Gasteiger partial charge in [0, 0.05) is 37.5 Å². The average molecular weight is 336 g/mol. The average Bonchev–Trinajstić information content (AvgIpc) is 2.51. The summed E-state index contributed by atoms with van der Waals surface area (Å²) in [7, 11) is 0. The van der Waals surface area contributed by atoms with Crippen LogP contribution in [0.5, 0.6) is 0 Å². The van der Waals surface area contributed by atoms with Gasteiger partial charge in [0.15, 0.2) is 0 Å². The zero-order valence-electron chi connectivity index (χ0n) is 13.0. The van der Waals surface area contributed by atoms with Crippen LogP contribution in [-0.4, -0.2) is 21.4 Å². The van der Waals surface area contributed by atoms with E-state index in [2.05, 4.69) is 21.8 Å². The SMILES string of the molecule is CCCc1nc2c(c(=O)[nH]1)CN(Cc1ccc(F)cc1Cl)CC2. The highest BCUT2D eigenvalue weighted by atomic mass is 35.5. The summed E-state index contributed by atoms with van der Waals surface area (Å²) >= 11 is 6.09. The van der Waals surface area contributed by atoms with Gasteiger partial charge in [-0.2, -0.15) is 0 Å². The zero-order valence-corrected chi connectivity index (χ0v) is 13.8. The lowest BCUT2D eigenvalue weighted by Crippen LogP contribution is -2.35. The number of nitrogens with one attached hydrogen (secondary N) is 1. The molecule has 6 heteroatoms. The van der Waals surface area contributed by atoms with Crippen molar-refractivity contribution in [1.29, 1.82) is 0 Å². The van der Waals surface area contributed by atoms with Gasteiger partial charge in [0.05, 0.1) is 11.3 Å². The van der Waals surface area contributed by atoms with E-state index in [9.17, 15) is 9.18 Å². The van der Waals surface area contributed by atoms with Crippen molar-refractivity contribution in [3.63, 3.8) is 0 Å². The molecule has 0 saturated carbocycles. The van der Waals surface area contributed by atoms with Crippen LogP contribution >= 0.6 is 11.6 Å². The number of hydrogen-bond donors (Lipinski definition) is 1. The van der Waals surface area contributed by atoms with Gasteiger partial charge in [-0.3, -0.25) is 9.69 Å². The Morgan fingerprint density at radius 2 is 2.26 bits per heavy atom. The summed E-state index contributed by atoms with van der Waals surface area (Å²) in [6, 6.07) is 4.42. The summed E-state index contributed by atoms with van der Waals surface area (Å²) in [5, 5.41) is 0.418. The molecule has 1 aliphatic heterocycles. The van der Waals surface area contributed by atoms with E-state index >= 15 is 0 Å². The highest BCUT2D eigenvalue weighted by molar-refractivity contribution is 6.31. The number of nitrogens with zero attached hydrogens (tertiary/aromatic N) is 2. The highest BCUT2D eigenvalue weighted by Gasteiger charge is 2.21. The summed E-state index contributed by atoms with van der Waals surface area (Å²) < 4.78 is 13.1. The maximum absolute atomic E-state index is 13.1. The highest BCUT2D eigenvalue weighted by Crippen LogP contribution is 2.22. The third-order valence-electron chi connectivity index (χ3n) is 4.09. The van der Waals surface area contributed by atoms with Gasteiger partial charge < -0.3 is 4.98 Å². The molecule has 1 aliphatic rings. The van der Waals surface area contributed by atoms with Crippen molar-refractivity contribution in [3.05, 3.63) is 62.0 Å². The Labute approximate surface area is 139 Å². The molecule has 3 rings (SSSR count). The van der Waals surface area contributed by atoms with E-state index in [1.54, 1.807) is 6.07 Å². The molecule has 23 heavy (non-hydrogen) atoms. The molecule has 0 bridgehead atoms. The van der Waals surface area contributed by atoms with Gasteiger partial charge in [0.25, 0.3) is 5.56 Å². The molecule has 4 nitrogen and oxygen atoms in total. The Hall–Kier alpha value is -1.72. The molecule has 0 fully saturated rings. The van der Waals surface area contributed by atoms with Gasteiger partial charge in [0.1, 0.15) is 11.6 Å². The van der Waals surface area contributed by atoms with E-state index < -0.39 is 0 Å². The molecular weight excluding hydrogens is 317 g/mol. The van der Waals surface area contributed by atoms with Crippen LogP contribution in [0.15, 0.2) is 23.0 Å². The zero-order chi connectivity index (χ0) is 16.4. The Bertz CT molecular complexity index is 775. The number of aryl methyl sites for hydroxylation is 1. The molecule has 1 aromatic heterocycles. The molecule has 0 aliphatic carbocycles. The molecule has 2 aromatic rings. The van der Waals surface area contributed by atoms with Crippen LogP contribution in [0, 0.1) is 5.82 Å². The van der Waals surface area contributed by atoms with E-state index in [1.165, 1.54) is 12.1 Å². The van der Waals surface area contributed by atoms with E-state index in [-0.39, 0.29) is 11.4 Å². The predicted octanol–water partition coefficient (Wildman–Crippen LogP) is 3.07. The minimum absolute atomic E-state index is 0.0478. The molecule has 0 amide bonds. The Balaban J connectivity index is 1.79. The molecule has 1 N–H and O–H groups in total.